The Morgan fingerprint density at radius 3 is 2.04 bits per heavy atom. The highest BCUT2D eigenvalue weighted by Crippen LogP contribution is 2.51. The van der Waals surface area contributed by atoms with Gasteiger partial charge in [0.25, 0.3) is 0 Å². The number of anilines is 1. The van der Waals surface area contributed by atoms with Gasteiger partial charge in [0.05, 0.1) is 0 Å². The molecule has 2 aromatic rings. The maximum absolute atomic E-state index is 12.2. The van der Waals surface area contributed by atoms with Crippen molar-refractivity contribution in [3.8, 4) is 5.75 Å². The van der Waals surface area contributed by atoms with Gasteiger partial charge in [-0.1, -0.05) is 18.2 Å². The minimum atomic E-state index is -4.54. The summed E-state index contributed by atoms with van der Waals surface area (Å²) in [5, 5.41) is 2.83. The molecule has 0 aromatic heterocycles. The summed E-state index contributed by atoms with van der Waals surface area (Å²) >= 11 is 0. The molecule has 130 valence electrons. The molecule has 0 amide bonds. The SMILES string of the molecule is Cc1cc(C)cc(NC(c2ccc(OC(F)F)cc2)P(=O)(O)O)c1. The Hall–Kier alpha value is -1.95. The summed E-state index contributed by atoms with van der Waals surface area (Å²) in [5.74, 6) is -1.37. The van der Waals surface area contributed by atoms with Crippen LogP contribution < -0.4 is 10.1 Å². The van der Waals surface area contributed by atoms with Crippen molar-refractivity contribution in [3.05, 3.63) is 59.2 Å². The van der Waals surface area contributed by atoms with Gasteiger partial charge in [-0.15, -0.1) is 0 Å². The molecule has 2 aromatic carbocycles. The Balaban J connectivity index is 2.30. The molecular formula is C16H18F2NO4P. The van der Waals surface area contributed by atoms with Crippen LogP contribution in [0.15, 0.2) is 42.5 Å². The number of nitrogens with one attached hydrogen (secondary N) is 1. The van der Waals surface area contributed by atoms with Crippen LogP contribution in [0.2, 0.25) is 0 Å². The van der Waals surface area contributed by atoms with Crippen molar-refractivity contribution in [1.29, 1.82) is 0 Å². The Bertz CT molecular complexity index is 726. The lowest BCUT2D eigenvalue weighted by atomic mass is 10.1. The monoisotopic (exact) mass is 357 g/mol. The lowest BCUT2D eigenvalue weighted by Crippen LogP contribution is -2.12. The van der Waals surface area contributed by atoms with Gasteiger partial charge in [-0.2, -0.15) is 8.78 Å². The van der Waals surface area contributed by atoms with Crippen LogP contribution in [0.5, 0.6) is 5.75 Å². The fourth-order valence-electron chi connectivity index (χ4n) is 2.41. The van der Waals surface area contributed by atoms with Crippen molar-refractivity contribution in [1.82, 2.24) is 0 Å². The number of halogens is 2. The first-order chi connectivity index (χ1) is 11.1. The van der Waals surface area contributed by atoms with Gasteiger partial charge < -0.3 is 19.8 Å². The maximum atomic E-state index is 12.2. The number of aryl methyl sites for hydroxylation is 2. The fourth-order valence-corrected chi connectivity index (χ4v) is 3.29. The summed E-state index contributed by atoms with van der Waals surface area (Å²) in [4.78, 5) is 19.3. The first-order valence-corrected chi connectivity index (χ1v) is 8.78. The molecule has 0 radical (unpaired) electrons. The van der Waals surface area contributed by atoms with Crippen LogP contribution in [0, 0.1) is 13.8 Å². The van der Waals surface area contributed by atoms with Gasteiger partial charge in [-0.05, 0) is 54.8 Å². The minimum Gasteiger partial charge on any atom is -0.435 e. The molecule has 3 N–H and O–H groups in total. The van der Waals surface area contributed by atoms with Gasteiger partial charge in [0.15, 0.2) is 5.78 Å². The second-order valence-corrected chi connectivity index (χ2v) is 7.15. The third kappa shape index (κ3) is 5.03. The number of benzene rings is 2. The molecule has 0 fully saturated rings. The quantitative estimate of drug-likeness (QED) is 0.676. The average Bonchev–Trinajstić information content (AvgIpc) is 2.43. The van der Waals surface area contributed by atoms with E-state index >= 15 is 0 Å². The normalized spacial score (nSPS) is 13.0. The molecule has 0 saturated carbocycles. The molecule has 0 aliphatic carbocycles. The van der Waals surface area contributed by atoms with Crippen LogP contribution in [0.3, 0.4) is 0 Å². The minimum absolute atomic E-state index is 0.0791. The molecule has 24 heavy (non-hydrogen) atoms. The van der Waals surface area contributed by atoms with Crippen LogP contribution >= 0.6 is 7.60 Å². The van der Waals surface area contributed by atoms with Gasteiger partial charge in [-0.3, -0.25) is 4.57 Å². The number of rotatable bonds is 6. The summed E-state index contributed by atoms with van der Waals surface area (Å²) in [6, 6.07) is 10.6. The highest BCUT2D eigenvalue weighted by atomic mass is 31.2. The van der Waals surface area contributed by atoms with Crippen molar-refractivity contribution in [2.45, 2.75) is 26.2 Å². The van der Waals surface area contributed by atoms with Crippen molar-refractivity contribution in [2.75, 3.05) is 5.32 Å². The van der Waals surface area contributed by atoms with Gasteiger partial charge in [0.1, 0.15) is 5.75 Å². The standard InChI is InChI=1S/C16H18F2NO4P/c1-10-7-11(2)9-13(8-10)19-15(24(20,21)22)12-3-5-14(6-4-12)23-16(17)18/h3-9,15-16,19H,1-2H3,(H2,20,21,22). The molecule has 8 heteroatoms. The van der Waals surface area contributed by atoms with E-state index in [0.717, 1.165) is 11.1 Å². The van der Waals surface area contributed by atoms with E-state index in [1.54, 1.807) is 12.1 Å². The molecule has 2 rings (SSSR count). The van der Waals surface area contributed by atoms with Crippen LogP contribution in [0.25, 0.3) is 0 Å². The molecule has 0 bridgehead atoms. The average molecular weight is 357 g/mol. The van der Waals surface area contributed by atoms with E-state index in [-0.39, 0.29) is 11.3 Å². The van der Waals surface area contributed by atoms with Gasteiger partial charge >= 0.3 is 14.2 Å². The van der Waals surface area contributed by atoms with E-state index in [4.69, 9.17) is 0 Å². The smallest absolute Gasteiger partial charge is 0.387 e. The first kappa shape index (κ1) is 18.4. The molecule has 0 saturated heterocycles. The lowest BCUT2D eigenvalue weighted by Gasteiger charge is -2.22. The third-order valence-electron chi connectivity index (χ3n) is 3.28. The maximum Gasteiger partial charge on any atom is 0.387 e. The van der Waals surface area contributed by atoms with E-state index in [0.29, 0.717) is 5.69 Å². The Kier molecular flexibility index (Phi) is 5.59. The molecule has 0 spiro atoms. The number of hydrogen-bond donors (Lipinski definition) is 3. The fraction of sp³-hybridized carbons (Fsp3) is 0.250. The Morgan fingerprint density at radius 2 is 1.58 bits per heavy atom. The van der Waals surface area contributed by atoms with Crippen LogP contribution in [-0.2, 0) is 4.57 Å². The predicted molar refractivity (Wildman–Crippen MR) is 87.4 cm³/mol. The highest BCUT2D eigenvalue weighted by molar-refractivity contribution is 7.52. The van der Waals surface area contributed by atoms with E-state index < -0.39 is 20.0 Å². The van der Waals surface area contributed by atoms with Gasteiger partial charge in [0, 0.05) is 5.69 Å². The number of ether oxygens (including phenoxy) is 1. The third-order valence-corrected chi connectivity index (χ3v) is 4.38. The zero-order valence-electron chi connectivity index (χ0n) is 13.1. The summed E-state index contributed by atoms with van der Waals surface area (Å²) in [5.41, 5.74) is 2.73. The second kappa shape index (κ2) is 7.30. The summed E-state index contributed by atoms with van der Waals surface area (Å²) in [6.45, 7) is 0.796. The van der Waals surface area contributed by atoms with Crippen LogP contribution in [0.1, 0.15) is 22.5 Å². The summed E-state index contributed by atoms with van der Waals surface area (Å²) in [7, 11) is -4.54. The number of hydrogen-bond acceptors (Lipinski definition) is 3. The topological polar surface area (TPSA) is 78.8 Å². The molecule has 0 heterocycles. The van der Waals surface area contributed by atoms with E-state index in [1.165, 1.54) is 24.3 Å². The van der Waals surface area contributed by atoms with Crippen LogP contribution in [-0.4, -0.2) is 16.4 Å². The van der Waals surface area contributed by atoms with Crippen molar-refractivity contribution in [3.63, 3.8) is 0 Å². The zero-order valence-corrected chi connectivity index (χ0v) is 14.0. The Morgan fingerprint density at radius 1 is 1.04 bits per heavy atom. The molecular weight excluding hydrogens is 339 g/mol. The van der Waals surface area contributed by atoms with E-state index in [9.17, 15) is 23.1 Å². The Labute approximate surface area is 138 Å². The van der Waals surface area contributed by atoms with E-state index in [2.05, 4.69) is 10.1 Å². The molecule has 0 aliphatic rings. The van der Waals surface area contributed by atoms with Gasteiger partial charge in [-0.25, -0.2) is 0 Å². The summed E-state index contributed by atoms with van der Waals surface area (Å²) < 4.78 is 40.4. The molecule has 0 aliphatic heterocycles. The zero-order chi connectivity index (χ0) is 17.9. The van der Waals surface area contributed by atoms with Crippen molar-refractivity contribution in [2.24, 2.45) is 0 Å². The van der Waals surface area contributed by atoms with Crippen LogP contribution in [0.4, 0.5) is 14.5 Å². The second-order valence-electron chi connectivity index (χ2n) is 5.46. The predicted octanol–water partition coefficient (Wildman–Crippen LogP) is 4.19. The molecule has 1 unspecified atom stereocenters. The van der Waals surface area contributed by atoms with E-state index in [1.807, 2.05) is 19.9 Å². The lowest BCUT2D eigenvalue weighted by molar-refractivity contribution is -0.0498. The molecule has 5 nitrogen and oxygen atoms in total. The molecule has 1 atom stereocenters. The highest BCUT2D eigenvalue weighted by Gasteiger charge is 2.30. The first-order valence-electron chi connectivity index (χ1n) is 7.10. The number of alkyl halides is 2. The summed E-state index contributed by atoms with van der Waals surface area (Å²) in [6.07, 6.45) is 0. The van der Waals surface area contributed by atoms with Gasteiger partial charge in [0.2, 0.25) is 0 Å². The van der Waals surface area contributed by atoms with Crippen molar-refractivity contribution < 1.29 is 27.9 Å². The van der Waals surface area contributed by atoms with Crippen molar-refractivity contribution >= 4 is 13.3 Å². The largest absolute Gasteiger partial charge is 0.435 e.